The van der Waals surface area contributed by atoms with Crippen LogP contribution >= 0.6 is 0 Å². The smallest absolute Gasteiger partial charge is 0.261 e. The number of likely N-dealkylation sites (tertiary alicyclic amines) is 1. The topological polar surface area (TPSA) is 130 Å². The minimum atomic E-state index is -3.67. The van der Waals surface area contributed by atoms with Crippen LogP contribution in [0.3, 0.4) is 0 Å². The Labute approximate surface area is 148 Å². The van der Waals surface area contributed by atoms with Crippen molar-refractivity contribution in [3.8, 4) is 0 Å². The van der Waals surface area contributed by atoms with Crippen molar-refractivity contribution in [1.29, 1.82) is 0 Å². The number of carbonyl (C=O) groups excluding carboxylic acids is 2. The molecule has 25 heavy (non-hydrogen) atoms. The highest BCUT2D eigenvalue weighted by Gasteiger charge is 2.39. The molecule has 140 valence electrons. The highest BCUT2D eigenvalue weighted by molar-refractivity contribution is 7.85. The number of benzene rings is 1. The van der Waals surface area contributed by atoms with Crippen LogP contribution < -0.4 is 11.1 Å². The van der Waals surface area contributed by atoms with Crippen LogP contribution in [0.4, 0.5) is 0 Å². The summed E-state index contributed by atoms with van der Waals surface area (Å²) >= 11 is 0. The Kier molecular flexibility index (Phi) is 7.53. The van der Waals surface area contributed by atoms with Crippen LogP contribution in [0.25, 0.3) is 0 Å². The minimum Gasteiger partial charge on any atom is -0.347 e. The summed E-state index contributed by atoms with van der Waals surface area (Å²) in [6.07, 6.45) is 3.39. The Hall–Kier alpha value is -1.97. The molecule has 9 heteroatoms. The first-order valence-electron chi connectivity index (χ1n) is 7.86. The number of rotatable bonds is 3. The average Bonchev–Trinajstić information content (AvgIpc) is 2.52. The van der Waals surface area contributed by atoms with E-state index in [2.05, 4.69) is 5.32 Å². The highest BCUT2D eigenvalue weighted by Crippen LogP contribution is 2.32. The zero-order chi connectivity index (χ0) is 19.1. The molecular weight excluding hydrogens is 346 g/mol. The second-order valence-electron chi connectivity index (χ2n) is 5.94. The van der Waals surface area contributed by atoms with E-state index in [1.807, 2.05) is 30.3 Å². The zero-order valence-electron chi connectivity index (χ0n) is 14.4. The van der Waals surface area contributed by atoms with Gasteiger partial charge in [0.05, 0.1) is 12.8 Å². The fourth-order valence-corrected chi connectivity index (χ4v) is 2.67. The molecule has 1 saturated heterocycles. The third kappa shape index (κ3) is 7.20. The van der Waals surface area contributed by atoms with Gasteiger partial charge in [0.1, 0.15) is 5.66 Å². The first kappa shape index (κ1) is 21.1. The van der Waals surface area contributed by atoms with Gasteiger partial charge < -0.3 is 16.0 Å². The molecule has 2 rings (SSSR count). The summed E-state index contributed by atoms with van der Waals surface area (Å²) in [5.74, 6) is -0.344. The molecule has 1 fully saturated rings. The maximum absolute atomic E-state index is 12.3. The Balaban J connectivity index is 0.000000550. The van der Waals surface area contributed by atoms with E-state index in [0.717, 1.165) is 24.8 Å². The van der Waals surface area contributed by atoms with Crippen molar-refractivity contribution in [2.75, 3.05) is 19.3 Å². The number of nitrogens with zero attached hydrogens (tertiary/aromatic N) is 1. The monoisotopic (exact) mass is 371 g/mol. The summed E-state index contributed by atoms with van der Waals surface area (Å²) in [4.78, 5) is 25.0. The Morgan fingerprint density at radius 1 is 1.28 bits per heavy atom. The molecule has 8 nitrogen and oxygen atoms in total. The van der Waals surface area contributed by atoms with E-state index < -0.39 is 15.8 Å². The van der Waals surface area contributed by atoms with Gasteiger partial charge >= 0.3 is 0 Å². The van der Waals surface area contributed by atoms with Crippen LogP contribution in [0.15, 0.2) is 30.3 Å². The molecule has 0 radical (unpaired) electrons. The Bertz CT molecular complexity index is 685. The van der Waals surface area contributed by atoms with Crippen LogP contribution in [0.5, 0.6) is 0 Å². The lowest BCUT2D eigenvalue weighted by Crippen LogP contribution is -2.59. The molecule has 1 aliphatic rings. The van der Waals surface area contributed by atoms with Gasteiger partial charge in [-0.2, -0.15) is 8.42 Å². The maximum atomic E-state index is 12.3. The zero-order valence-corrected chi connectivity index (χ0v) is 15.3. The van der Waals surface area contributed by atoms with Gasteiger partial charge in [0.25, 0.3) is 10.1 Å². The molecule has 1 unspecified atom stereocenters. The molecular formula is C16H25N3O5S. The second kappa shape index (κ2) is 8.93. The van der Waals surface area contributed by atoms with Crippen molar-refractivity contribution < 1.29 is 22.6 Å². The van der Waals surface area contributed by atoms with E-state index in [0.29, 0.717) is 12.8 Å². The molecule has 0 bridgehead atoms. The summed E-state index contributed by atoms with van der Waals surface area (Å²) < 4.78 is 25.9. The van der Waals surface area contributed by atoms with Gasteiger partial charge in [0, 0.05) is 13.5 Å². The van der Waals surface area contributed by atoms with E-state index in [-0.39, 0.29) is 18.4 Å². The van der Waals surface area contributed by atoms with Crippen LogP contribution in [0, 0.1) is 0 Å². The normalized spacial score (nSPS) is 20.2. The summed E-state index contributed by atoms with van der Waals surface area (Å²) in [5, 5.41) is 2.55. The van der Waals surface area contributed by atoms with Gasteiger partial charge in [-0.1, -0.05) is 30.3 Å². The number of nitrogens with one attached hydrogen (secondary N) is 1. The number of carbonyl (C=O) groups is 2. The standard InChI is InChI=1S/C15H21N3O2.CH4O3S/c1-12(19)17-11-14(20)18-10-6-5-9-15(18,16)13-7-3-2-4-8-13;1-5(2,3)4/h2-4,7-8H,5-6,9-11,16H2,1H3,(H,17,19);1H3,(H,2,3,4). The molecule has 4 N–H and O–H groups in total. The van der Waals surface area contributed by atoms with Gasteiger partial charge in [-0.25, -0.2) is 0 Å². The summed E-state index contributed by atoms with van der Waals surface area (Å²) in [5.41, 5.74) is 6.70. The summed E-state index contributed by atoms with van der Waals surface area (Å²) in [6, 6.07) is 9.68. The van der Waals surface area contributed by atoms with Crippen molar-refractivity contribution in [2.24, 2.45) is 5.73 Å². The van der Waals surface area contributed by atoms with Gasteiger partial charge in [-0.05, 0) is 24.8 Å². The Morgan fingerprint density at radius 3 is 2.36 bits per heavy atom. The van der Waals surface area contributed by atoms with Crippen molar-refractivity contribution in [3.05, 3.63) is 35.9 Å². The van der Waals surface area contributed by atoms with Crippen LogP contribution in [-0.4, -0.2) is 49.0 Å². The van der Waals surface area contributed by atoms with Crippen LogP contribution in [-0.2, 0) is 25.4 Å². The molecule has 0 saturated carbocycles. The van der Waals surface area contributed by atoms with Crippen molar-refractivity contribution in [3.63, 3.8) is 0 Å². The molecule has 1 aromatic rings. The number of amides is 2. The second-order valence-corrected chi connectivity index (χ2v) is 7.40. The predicted octanol–water partition coefficient (Wildman–Crippen LogP) is 0.451. The Morgan fingerprint density at radius 2 is 1.84 bits per heavy atom. The lowest BCUT2D eigenvalue weighted by molar-refractivity contribution is -0.140. The summed E-state index contributed by atoms with van der Waals surface area (Å²) in [6.45, 7) is 2.03. The van der Waals surface area contributed by atoms with E-state index in [1.54, 1.807) is 4.90 Å². The lowest BCUT2D eigenvalue weighted by Gasteiger charge is -2.45. The SMILES string of the molecule is CC(=O)NCC(=O)N1CCCCC1(N)c1ccccc1.CS(=O)(=O)O. The fraction of sp³-hybridized carbons (Fsp3) is 0.500. The number of piperidine rings is 1. The molecule has 2 amide bonds. The maximum Gasteiger partial charge on any atom is 0.261 e. The first-order chi connectivity index (χ1) is 11.5. The van der Waals surface area contributed by atoms with E-state index in [9.17, 15) is 18.0 Å². The van der Waals surface area contributed by atoms with E-state index in [1.165, 1.54) is 6.92 Å². The lowest BCUT2D eigenvalue weighted by atomic mass is 9.88. The fourth-order valence-electron chi connectivity index (χ4n) is 2.67. The minimum absolute atomic E-state index is 0.00111. The number of nitrogens with two attached hydrogens (primary N) is 1. The largest absolute Gasteiger partial charge is 0.347 e. The van der Waals surface area contributed by atoms with Crippen LogP contribution in [0.1, 0.15) is 31.7 Å². The molecule has 1 atom stereocenters. The third-order valence-electron chi connectivity index (χ3n) is 3.73. The van der Waals surface area contributed by atoms with Gasteiger partial charge in [0.15, 0.2) is 0 Å². The van der Waals surface area contributed by atoms with Crippen molar-refractivity contribution in [2.45, 2.75) is 31.8 Å². The average molecular weight is 371 g/mol. The van der Waals surface area contributed by atoms with Gasteiger partial charge in [0.2, 0.25) is 11.8 Å². The molecule has 0 aliphatic carbocycles. The van der Waals surface area contributed by atoms with Crippen LogP contribution in [0.2, 0.25) is 0 Å². The quantitative estimate of drug-likeness (QED) is 0.662. The van der Waals surface area contributed by atoms with Crippen molar-refractivity contribution >= 4 is 21.9 Å². The molecule has 1 aromatic carbocycles. The molecule has 0 aromatic heterocycles. The molecule has 0 spiro atoms. The molecule has 1 heterocycles. The van der Waals surface area contributed by atoms with Gasteiger partial charge in [-0.3, -0.25) is 14.1 Å². The molecule has 1 aliphatic heterocycles. The third-order valence-corrected chi connectivity index (χ3v) is 3.73. The predicted molar refractivity (Wildman–Crippen MR) is 94.0 cm³/mol. The summed E-state index contributed by atoms with van der Waals surface area (Å²) in [7, 11) is -3.67. The highest BCUT2D eigenvalue weighted by atomic mass is 32.2. The van der Waals surface area contributed by atoms with Gasteiger partial charge in [-0.15, -0.1) is 0 Å². The number of hydrogen-bond acceptors (Lipinski definition) is 5. The van der Waals surface area contributed by atoms with E-state index >= 15 is 0 Å². The van der Waals surface area contributed by atoms with Crippen molar-refractivity contribution in [1.82, 2.24) is 10.2 Å². The van der Waals surface area contributed by atoms with E-state index in [4.69, 9.17) is 10.3 Å². The first-order valence-corrected chi connectivity index (χ1v) is 9.70. The number of hydrogen-bond donors (Lipinski definition) is 3.